The number of benzene rings is 1. The summed E-state index contributed by atoms with van der Waals surface area (Å²) in [5.74, 6) is -1.41. The van der Waals surface area contributed by atoms with Gasteiger partial charge in [-0.15, -0.1) is 20.1 Å². The summed E-state index contributed by atoms with van der Waals surface area (Å²) in [4.78, 5) is 30.6. The molecule has 0 atom stereocenters. The number of aryl methyl sites for hydroxylation is 1. The summed E-state index contributed by atoms with van der Waals surface area (Å²) in [6, 6.07) is 3.27. The van der Waals surface area contributed by atoms with E-state index in [9.17, 15) is 26.7 Å². The Hall–Kier alpha value is -4.08. The van der Waals surface area contributed by atoms with Crippen molar-refractivity contribution in [1.29, 1.82) is 0 Å². The third kappa shape index (κ3) is 4.26. The summed E-state index contributed by atoms with van der Waals surface area (Å²) in [6.45, 7) is 1.38. The molecule has 34 heavy (non-hydrogen) atoms. The van der Waals surface area contributed by atoms with Gasteiger partial charge < -0.3 is 19.8 Å². The van der Waals surface area contributed by atoms with Crippen LogP contribution in [0.15, 0.2) is 23.6 Å². The predicted molar refractivity (Wildman–Crippen MR) is 107 cm³/mol. The number of fused-ring (bicyclic) bond motifs is 2. The lowest BCUT2D eigenvalue weighted by atomic mass is 10.3. The first-order chi connectivity index (χ1) is 15.9. The Morgan fingerprint density at radius 1 is 1.09 bits per heavy atom. The molecule has 1 aliphatic heterocycles. The highest BCUT2D eigenvalue weighted by Crippen LogP contribution is 2.43. The van der Waals surface area contributed by atoms with Crippen LogP contribution in [0.2, 0.25) is 0 Å². The average molecular weight is 499 g/mol. The Labute approximate surface area is 189 Å². The number of rotatable bonds is 4. The molecule has 0 unspecified atom stereocenters. The van der Waals surface area contributed by atoms with Crippen molar-refractivity contribution in [2.24, 2.45) is 0 Å². The minimum Gasteiger partial charge on any atom is -0.395 e. The molecule has 0 radical (unpaired) electrons. The first kappa shape index (κ1) is 21.7. The summed E-state index contributed by atoms with van der Waals surface area (Å²) >= 11 is 0.943. The van der Waals surface area contributed by atoms with Gasteiger partial charge in [0.05, 0.1) is 11.0 Å². The number of ether oxygens (including phenoxy) is 2. The van der Waals surface area contributed by atoms with Crippen LogP contribution in [0.4, 0.5) is 39.0 Å². The van der Waals surface area contributed by atoms with E-state index in [2.05, 4.69) is 45.0 Å². The minimum atomic E-state index is -4.65. The SMILES string of the molecule is Cc1cc(C(F)(F)F)nc(Nc2nc(C(=O)Nc3nc4cc5c(cc4[nH]3)OC(F)(F)O5)cs2)n1. The van der Waals surface area contributed by atoms with Crippen LogP contribution in [0.3, 0.4) is 0 Å². The number of halogens is 5. The van der Waals surface area contributed by atoms with Crippen LogP contribution in [-0.4, -0.2) is 37.1 Å². The fourth-order valence-electron chi connectivity index (χ4n) is 2.99. The maximum atomic E-state index is 13.2. The number of H-pyrrole nitrogens is 1. The predicted octanol–water partition coefficient (Wildman–Crippen LogP) is 4.45. The molecule has 0 bridgehead atoms. The third-order valence-corrected chi connectivity index (χ3v) is 5.09. The van der Waals surface area contributed by atoms with E-state index in [-0.39, 0.29) is 45.4 Å². The Kier molecular flexibility index (Phi) is 4.78. The molecule has 3 aromatic heterocycles. The number of carbonyl (C=O) groups is 1. The van der Waals surface area contributed by atoms with Crippen LogP contribution in [0, 0.1) is 6.92 Å². The highest BCUT2D eigenvalue weighted by atomic mass is 32.1. The molecule has 1 aromatic carbocycles. The number of thiazole rings is 1. The van der Waals surface area contributed by atoms with E-state index < -0.39 is 24.1 Å². The molecule has 4 aromatic rings. The quantitative estimate of drug-likeness (QED) is 0.352. The number of aromatic amines is 1. The highest BCUT2D eigenvalue weighted by molar-refractivity contribution is 7.14. The molecular formula is C18H10F5N7O3S. The zero-order valence-corrected chi connectivity index (χ0v) is 17.4. The maximum absolute atomic E-state index is 13.2. The second-order valence-electron chi connectivity index (χ2n) is 6.90. The van der Waals surface area contributed by atoms with Gasteiger partial charge in [-0.25, -0.2) is 19.9 Å². The van der Waals surface area contributed by atoms with Gasteiger partial charge in [-0.05, 0) is 13.0 Å². The molecule has 1 amide bonds. The number of nitrogens with one attached hydrogen (secondary N) is 3. The van der Waals surface area contributed by atoms with Gasteiger partial charge in [0, 0.05) is 23.2 Å². The first-order valence-corrected chi connectivity index (χ1v) is 10.1. The van der Waals surface area contributed by atoms with Crippen LogP contribution in [-0.2, 0) is 6.18 Å². The van der Waals surface area contributed by atoms with Gasteiger partial charge in [-0.1, -0.05) is 0 Å². The number of anilines is 3. The van der Waals surface area contributed by atoms with Crippen molar-refractivity contribution >= 4 is 45.3 Å². The van der Waals surface area contributed by atoms with Gasteiger partial charge in [-0.2, -0.15) is 13.2 Å². The number of hydrogen-bond acceptors (Lipinski definition) is 9. The Balaban J connectivity index is 1.30. The number of amides is 1. The second-order valence-corrected chi connectivity index (χ2v) is 7.76. The fourth-order valence-corrected chi connectivity index (χ4v) is 3.67. The van der Waals surface area contributed by atoms with Gasteiger partial charge in [0.2, 0.25) is 11.9 Å². The van der Waals surface area contributed by atoms with Crippen LogP contribution in [0.5, 0.6) is 11.5 Å². The van der Waals surface area contributed by atoms with E-state index in [1.165, 1.54) is 24.4 Å². The lowest BCUT2D eigenvalue weighted by molar-refractivity contribution is -0.286. The Morgan fingerprint density at radius 3 is 2.56 bits per heavy atom. The number of alkyl halides is 5. The van der Waals surface area contributed by atoms with Crippen molar-refractivity contribution in [3.05, 3.63) is 40.7 Å². The van der Waals surface area contributed by atoms with Crippen molar-refractivity contribution in [2.45, 2.75) is 19.4 Å². The molecule has 5 rings (SSSR count). The molecule has 176 valence electrons. The zero-order valence-electron chi connectivity index (χ0n) is 16.6. The normalized spacial score (nSPS) is 14.4. The average Bonchev–Trinajstić information content (AvgIpc) is 3.40. The van der Waals surface area contributed by atoms with Crippen LogP contribution in [0.1, 0.15) is 21.9 Å². The van der Waals surface area contributed by atoms with Crippen LogP contribution in [0.25, 0.3) is 11.0 Å². The smallest absolute Gasteiger partial charge is 0.395 e. The van der Waals surface area contributed by atoms with E-state index in [1.807, 2.05) is 0 Å². The Bertz CT molecular complexity index is 1390. The maximum Gasteiger partial charge on any atom is 0.586 e. The molecule has 0 spiro atoms. The summed E-state index contributed by atoms with van der Waals surface area (Å²) in [6.07, 6.45) is -8.42. The molecule has 4 heterocycles. The lowest BCUT2D eigenvalue weighted by Crippen LogP contribution is -2.25. The molecule has 0 fully saturated rings. The first-order valence-electron chi connectivity index (χ1n) is 9.21. The summed E-state index contributed by atoms with van der Waals surface area (Å²) in [5, 5.41) is 6.44. The van der Waals surface area contributed by atoms with Crippen molar-refractivity contribution < 1.29 is 36.2 Å². The number of imidazole rings is 1. The van der Waals surface area contributed by atoms with Gasteiger partial charge in [-0.3, -0.25) is 10.1 Å². The van der Waals surface area contributed by atoms with Gasteiger partial charge in [0.1, 0.15) is 11.4 Å². The lowest BCUT2D eigenvalue weighted by Gasteiger charge is -2.08. The highest BCUT2D eigenvalue weighted by Gasteiger charge is 2.43. The largest absolute Gasteiger partial charge is 0.586 e. The van der Waals surface area contributed by atoms with E-state index in [4.69, 9.17) is 0 Å². The van der Waals surface area contributed by atoms with Crippen molar-refractivity contribution in [2.75, 3.05) is 10.6 Å². The number of hydrogen-bond donors (Lipinski definition) is 3. The van der Waals surface area contributed by atoms with Gasteiger partial charge in [0.15, 0.2) is 16.6 Å². The van der Waals surface area contributed by atoms with E-state index >= 15 is 0 Å². The Morgan fingerprint density at radius 2 is 1.82 bits per heavy atom. The standard InChI is InChI=1S/C18H10F5N7O3S/c1-6-2-12(17(19,20)21)28-14(24-6)30-16-27-9(5-34-16)13(31)29-15-25-7-3-10-11(4-8(7)26-15)33-18(22,23)32-10/h2-5H,1H3,(H,24,27,28,30)(H2,25,26,29,31). The number of aromatic nitrogens is 5. The van der Waals surface area contributed by atoms with E-state index in [0.717, 1.165) is 17.4 Å². The monoisotopic (exact) mass is 499 g/mol. The zero-order chi connectivity index (χ0) is 24.3. The van der Waals surface area contributed by atoms with Crippen molar-refractivity contribution in [1.82, 2.24) is 24.9 Å². The third-order valence-electron chi connectivity index (χ3n) is 4.34. The van der Waals surface area contributed by atoms with Gasteiger partial charge in [0.25, 0.3) is 5.91 Å². The van der Waals surface area contributed by atoms with E-state index in [1.54, 1.807) is 0 Å². The van der Waals surface area contributed by atoms with Crippen molar-refractivity contribution in [3.63, 3.8) is 0 Å². The molecule has 0 aliphatic carbocycles. The summed E-state index contributed by atoms with van der Waals surface area (Å²) < 4.78 is 73.9. The molecule has 1 aliphatic rings. The van der Waals surface area contributed by atoms with Crippen LogP contribution < -0.4 is 20.1 Å². The van der Waals surface area contributed by atoms with E-state index in [0.29, 0.717) is 5.52 Å². The molecule has 16 heteroatoms. The molecule has 3 N–H and O–H groups in total. The minimum absolute atomic E-state index is 0.00483. The number of nitrogens with zero attached hydrogens (tertiary/aromatic N) is 4. The number of carbonyl (C=O) groups excluding carboxylic acids is 1. The van der Waals surface area contributed by atoms with Gasteiger partial charge >= 0.3 is 12.5 Å². The van der Waals surface area contributed by atoms with Crippen LogP contribution >= 0.6 is 11.3 Å². The fraction of sp³-hybridized carbons (Fsp3) is 0.167. The molecule has 10 nitrogen and oxygen atoms in total. The summed E-state index contributed by atoms with van der Waals surface area (Å²) in [5.41, 5.74) is -0.561. The second kappa shape index (κ2) is 7.47. The molecular weight excluding hydrogens is 489 g/mol. The topological polar surface area (TPSA) is 127 Å². The molecule has 0 saturated heterocycles. The van der Waals surface area contributed by atoms with Crippen molar-refractivity contribution in [3.8, 4) is 11.5 Å². The molecule has 0 saturated carbocycles. The summed E-state index contributed by atoms with van der Waals surface area (Å²) in [7, 11) is 0.